The number of sulfonamides is 1. The minimum Gasteiger partial charge on any atom is -0.275 e. The first-order chi connectivity index (χ1) is 16.6. The van der Waals surface area contributed by atoms with Gasteiger partial charge in [-0.3, -0.25) is 4.68 Å². The Labute approximate surface area is 205 Å². The van der Waals surface area contributed by atoms with Crippen LogP contribution in [-0.2, 0) is 35.0 Å². The Morgan fingerprint density at radius 3 is 2.69 bits per heavy atom. The van der Waals surface area contributed by atoms with Crippen LogP contribution in [-0.4, -0.2) is 61.9 Å². The predicted molar refractivity (Wildman–Crippen MR) is 126 cm³/mol. The fourth-order valence-electron chi connectivity index (χ4n) is 4.17. The minimum atomic E-state index is -4.05. The smallest absolute Gasteiger partial charge is 0.275 e. The van der Waals surface area contributed by atoms with Crippen molar-refractivity contribution in [2.24, 2.45) is 13.0 Å². The minimum absolute atomic E-state index is 0.00362. The standard InChI is InChI=1S/C22H24FN6O4S2/c1-14-7-16(34-25-14)12-28-19-4-3-17(35(32,33)26-22(13-23)5-6-22)8-18(19)20(30)29(21(28)31)11-15-9-24-27(2)10-15/h3-4,7-10,18,26H,5-6,11-13H2,1-2H3/q+1. The number of rotatable bonds is 8. The van der Waals surface area contributed by atoms with Gasteiger partial charge in [-0.15, -0.1) is 0 Å². The Kier molecular flexibility index (Phi) is 5.80. The van der Waals surface area contributed by atoms with Gasteiger partial charge in [-0.1, -0.05) is 0 Å². The number of halogens is 1. The lowest BCUT2D eigenvalue weighted by molar-refractivity contribution is -0.456. The zero-order valence-corrected chi connectivity index (χ0v) is 20.8. The number of alkyl halides is 1. The summed E-state index contributed by atoms with van der Waals surface area (Å²) >= 11 is 1.26. The van der Waals surface area contributed by atoms with E-state index in [2.05, 4.69) is 14.2 Å². The molecule has 0 radical (unpaired) electrons. The number of aryl methyl sites for hydroxylation is 2. The number of aromatic nitrogens is 3. The van der Waals surface area contributed by atoms with E-state index < -0.39 is 40.1 Å². The van der Waals surface area contributed by atoms with E-state index in [1.807, 2.05) is 13.0 Å². The molecule has 1 fully saturated rings. The third-order valence-corrected chi connectivity index (χ3v) is 8.69. The summed E-state index contributed by atoms with van der Waals surface area (Å²) < 4.78 is 49.0. The average Bonchev–Trinajstić information content (AvgIpc) is 3.26. The lowest BCUT2D eigenvalue weighted by Gasteiger charge is -2.27. The van der Waals surface area contributed by atoms with Crippen LogP contribution in [0.5, 0.6) is 0 Å². The van der Waals surface area contributed by atoms with Gasteiger partial charge in [0.15, 0.2) is 0 Å². The van der Waals surface area contributed by atoms with Crippen molar-refractivity contribution < 1.29 is 27.0 Å². The number of amides is 3. The third-order valence-electron chi connectivity index (χ3n) is 6.23. The van der Waals surface area contributed by atoms with E-state index >= 15 is 0 Å². The van der Waals surface area contributed by atoms with E-state index in [-0.39, 0.29) is 18.0 Å². The highest BCUT2D eigenvalue weighted by atomic mass is 32.2. The Hall–Kier alpha value is -3.03. The lowest BCUT2D eigenvalue weighted by atomic mass is 9.94. The Morgan fingerprint density at radius 1 is 1.31 bits per heavy atom. The van der Waals surface area contributed by atoms with E-state index in [0.717, 1.165) is 15.5 Å². The molecule has 0 spiro atoms. The molecule has 2 aromatic heterocycles. The first-order valence-electron chi connectivity index (χ1n) is 11.0. The van der Waals surface area contributed by atoms with Gasteiger partial charge >= 0.3 is 11.9 Å². The molecule has 3 amide bonds. The maximum Gasteiger partial charge on any atom is 0.501 e. The fourth-order valence-corrected chi connectivity index (χ4v) is 6.41. The zero-order chi connectivity index (χ0) is 25.0. The number of hydrogen-bond donors (Lipinski definition) is 1. The molecule has 5 rings (SSSR count). The van der Waals surface area contributed by atoms with Crippen molar-refractivity contribution in [3.05, 3.63) is 57.7 Å². The molecule has 2 aliphatic carbocycles. The quantitative estimate of drug-likeness (QED) is 0.532. The van der Waals surface area contributed by atoms with Crippen LogP contribution in [0.15, 0.2) is 41.6 Å². The summed E-state index contributed by atoms with van der Waals surface area (Å²) in [4.78, 5) is 28.8. The lowest BCUT2D eigenvalue weighted by Crippen LogP contribution is -2.54. The van der Waals surface area contributed by atoms with E-state index in [1.54, 1.807) is 24.1 Å². The van der Waals surface area contributed by atoms with Crippen molar-refractivity contribution in [2.45, 2.75) is 38.4 Å². The molecule has 0 aromatic carbocycles. The van der Waals surface area contributed by atoms with E-state index in [1.165, 1.54) is 34.3 Å². The van der Waals surface area contributed by atoms with Gasteiger partial charge < -0.3 is 0 Å². The summed E-state index contributed by atoms with van der Waals surface area (Å²) in [6.45, 7) is 1.24. The van der Waals surface area contributed by atoms with Crippen molar-refractivity contribution in [1.29, 1.82) is 0 Å². The summed E-state index contributed by atoms with van der Waals surface area (Å²) in [6, 6.07) is 1.36. The molecule has 3 heterocycles. The Morgan fingerprint density at radius 2 is 2.09 bits per heavy atom. The molecule has 0 bridgehead atoms. The van der Waals surface area contributed by atoms with Crippen molar-refractivity contribution >= 4 is 39.2 Å². The number of fused-ring (bicyclic) bond motifs is 1. The highest BCUT2D eigenvalue weighted by Crippen LogP contribution is 2.38. The number of imide groups is 1. The third kappa shape index (κ3) is 4.50. The van der Waals surface area contributed by atoms with E-state index in [0.29, 0.717) is 24.1 Å². The number of urea groups is 1. The maximum absolute atomic E-state index is 13.5. The van der Waals surface area contributed by atoms with Gasteiger partial charge in [0, 0.05) is 18.8 Å². The van der Waals surface area contributed by atoms with Crippen molar-refractivity contribution in [3.63, 3.8) is 0 Å². The van der Waals surface area contributed by atoms with Gasteiger partial charge in [0.25, 0.3) is 0 Å². The van der Waals surface area contributed by atoms with Crippen molar-refractivity contribution in [2.75, 3.05) is 6.67 Å². The first-order valence-corrected chi connectivity index (χ1v) is 13.3. The molecule has 35 heavy (non-hydrogen) atoms. The van der Waals surface area contributed by atoms with Gasteiger partial charge in [0.05, 0.1) is 27.2 Å². The second-order valence-corrected chi connectivity index (χ2v) is 11.6. The Balaban J connectivity index is 1.53. The summed E-state index contributed by atoms with van der Waals surface area (Å²) in [5.41, 5.74) is 0.806. The van der Waals surface area contributed by atoms with Gasteiger partial charge in [0.2, 0.25) is 10.0 Å². The maximum atomic E-state index is 13.5. The molecule has 1 saturated carbocycles. The van der Waals surface area contributed by atoms with Crippen LogP contribution < -0.4 is 4.72 Å². The van der Waals surface area contributed by atoms with Crippen molar-refractivity contribution in [1.82, 2.24) is 23.8 Å². The number of carbonyl (C=O) groups is 2. The molecule has 2 aromatic rings. The monoisotopic (exact) mass is 519 g/mol. The number of nitrogens with one attached hydrogen (secondary N) is 1. The predicted octanol–water partition coefficient (Wildman–Crippen LogP) is 1.79. The second kappa shape index (κ2) is 8.57. The number of allylic oxidation sites excluding steroid dienone is 2. The summed E-state index contributed by atoms with van der Waals surface area (Å²) in [5.74, 6) is -1.52. The molecule has 1 N–H and O–H groups in total. The topological polar surface area (TPSA) is 117 Å². The normalized spacial score (nSPS) is 21.4. The van der Waals surface area contributed by atoms with Crippen LogP contribution in [0.2, 0.25) is 0 Å². The van der Waals surface area contributed by atoms with Crippen LogP contribution in [0.25, 0.3) is 0 Å². The number of nitrogens with zero attached hydrogens (tertiary/aromatic N) is 5. The largest absolute Gasteiger partial charge is 0.501 e. The molecule has 3 aliphatic rings. The van der Waals surface area contributed by atoms with Crippen LogP contribution in [0.4, 0.5) is 9.18 Å². The SMILES string of the molecule is Cc1cc(C[N+]2=C3C=CC(S(=O)(=O)NC4(CF)CC4)=CC3C(=O)N(Cc3cnn(C)c3)C2=O)sn1. The van der Waals surface area contributed by atoms with Gasteiger partial charge in [-0.05, 0) is 55.6 Å². The second-order valence-electron chi connectivity index (χ2n) is 9.07. The van der Waals surface area contributed by atoms with Crippen LogP contribution in [0.3, 0.4) is 0 Å². The molecule has 13 heteroatoms. The zero-order valence-electron chi connectivity index (χ0n) is 19.1. The van der Waals surface area contributed by atoms with Crippen LogP contribution >= 0.6 is 11.5 Å². The molecule has 10 nitrogen and oxygen atoms in total. The van der Waals surface area contributed by atoms with Gasteiger partial charge in [-0.2, -0.15) is 23.7 Å². The molecule has 1 atom stereocenters. The van der Waals surface area contributed by atoms with Crippen LogP contribution in [0, 0.1) is 12.8 Å². The average molecular weight is 520 g/mol. The van der Waals surface area contributed by atoms with Crippen molar-refractivity contribution in [3.8, 4) is 0 Å². The molecular formula is C22H24FN6O4S2+. The number of hydrogen-bond acceptors (Lipinski definition) is 7. The van der Waals surface area contributed by atoms with Gasteiger partial charge in [0.1, 0.15) is 31.4 Å². The molecular weight excluding hydrogens is 495 g/mol. The van der Waals surface area contributed by atoms with E-state index in [9.17, 15) is 22.4 Å². The molecule has 184 valence electrons. The summed E-state index contributed by atoms with van der Waals surface area (Å²) in [5, 5.41) is 4.10. The van der Waals surface area contributed by atoms with E-state index in [4.69, 9.17) is 0 Å². The number of carbonyl (C=O) groups excluding carboxylic acids is 2. The highest BCUT2D eigenvalue weighted by Gasteiger charge is 2.50. The molecule has 1 unspecified atom stereocenters. The fraction of sp³-hybridized carbons (Fsp3) is 0.409. The molecule has 1 aliphatic heterocycles. The van der Waals surface area contributed by atoms with Gasteiger partial charge in [-0.25, -0.2) is 22.3 Å². The molecule has 0 saturated heterocycles. The first kappa shape index (κ1) is 23.7. The highest BCUT2D eigenvalue weighted by molar-refractivity contribution is 7.93. The van der Waals surface area contributed by atoms with Crippen LogP contribution in [0.1, 0.15) is 29.0 Å². The summed E-state index contributed by atoms with van der Waals surface area (Å²) in [6.07, 6.45) is 8.30. The Bertz CT molecular complexity index is 1420. The summed E-state index contributed by atoms with van der Waals surface area (Å²) in [7, 11) is -2.32.